The van der Waals surface area contributed by atoms with Gasteiger partial charge in [-0.1, -0.05) is 23.7 Å². The van der Waals surface area contributed by atoms with Gasteiger partial charge in [-0.25, -0.2) is 0 Å². The summed E-state index contributed by atoms with van der Waals surface area (Å²) in [7, 11) is 3.38. The van der Waals surface area contributed by atoms with Crippen LogP contribution in [-0.2, 0) is 9.47 Å². The zero-order valence-corrected chi connectivity index (χ0v) is 12.6. The van der Waals surface area contributed by atoms with Crippen molar-refractivity contribution in [2.45, 2.75) is 18.6 Å². The van der Waals surface area contributed by atoms with Crippen LogP contribution in [-0.4, -0.2) is 56.7 Å². The van der Waals surface area contributed by atoms with Crippen molar-refractivity contribution in [1.29, 1.82) is 0 Å². The van der Waals surface area contributed by atoms with Crippen molar-refractivity contribution >= 4 is 17.4 Å². The maximum absolute atomic E-state index is 12.1. The minimum absolute atomic E-state index is 0.0845. The summed E-state index contributed by atoms with van der Waals surface area (Å²) in [6, 6.07) is 7.08. The molecule has 2 unspecified atom stereocenters. The molecule has 1 fully saturated rings. The summed E-state index contributed by atoms with van der Waals surface area (Å²) in [5.74, 6) is 0.113. The molecule has 2 atom stereocenters. The molecule has 0 N–H and O–H groups in total. The first-order valence-corrected chi connectivity index (χ1v) is 7.08. The van der Waals surface area contributed by atoms with Gasteiger partial charge < -0.3 is 9.47 Å². The number of ether oxygens (including phenoxy) is 2. The van der Waals surface area contributed by atoms with Crippen LogP contribution in [0.1, 0.15) is 16.8 Å². The highest BCUT2D eigenvalue weighted by Crippen LogP contribution is 2.17. The van der Waals surface area contributed by atoms with E-state index in [1.165, 1.54) is 0 Å². The summed E-state index contributed by atoms with van der Waals surface area (Å²) in [4.78, 5) is 14.3. The van der Waals surface area contributed by atoms with Gasteiger partial charge in [0, 0.05) is 50.9 Å². The van der Waals surface area contributed by atoms with Crippen molar-refractivity contribution in [3.63, 3.8) is 0 Å². The van der Waals surface area contributed by atoms with Gasteiger partial charge in [0.2, 0.25) is 0 Å². The Balaban J connectivity index is 1.85. The SMILES string of the molecule is COC1CN(CCC(=O)c2cccc(Cl)c2)CC1OC. The fourth-order valence-corrected chi connectivity index (χ4v) is 2.71. The van der Waals surface area contributed by atoms with E-state index < -0.39 is 0 Å². The molecule has 110 valence electrons. The number of likely N-dealkylation sites (tertiary alicyclic amines) is 1. The van der Waals surface area contributed by atoms with E-state index >= 15 is 0 Å². The Labute approximate surface area is 124 Å². The fourth-order valence-electron chi connectivity index (χ4n) is 2.52. The number of carbonyl (C=O) groups is 1. The van der Waals surface area contributed by atoms with Crippen molar-refractivity contribution in [3.05, 3.63) is 34.9 Å². The molecule has 0 aromatic heterocycles. The Bertz CT molecular complexity index is 454. The monoisotopic (exact) mass is 297 g/mol. The Morgan fingerprint density at radius 1 is 1.30 bits per heavy atom. The Morgan fingerprint density at radius 2 is 1.95 bits per heavy atom. The molecule has 2 rings (SSSR count). The maximum Gasteiger partial charge on any atom is 0.164 e. The quantitative estimate of drug-likeness (QED) is 0.755. The lowest BCUT2D eigenvalue weighted by molar-refractivity contribution is -0.00461. The molecule has 1 saturated heterocycles. The molecule has 0 amide bonds. The highest BCUT2D eigenvalue weighted by Gasteiger charge is 2.32. The second kappa shape index (κ2) is 7.18. The lowest BCUT2D eigenvalue weighted by Crippen LogP contribution is -2.27. The van der Waals surface area contributed by atoms with Crippen molar-refractivity contribution in [2.75, 3.05) is 33.9 Å². The van der Waals surface area contributed by atoms with Crippen LogP contribution < -0.4 is 0 Å². The molecule has 0 aliphatic carbocycles. The average Bonchev–Trinajstić information content (AvgIpc) is 2.87. The lowest BCUT2D eigenvalue weighted by atomic mass is 10.1. The number of methoxy groups -OCH3 is 2. The van der Waals surface area contributed by atoms with Gasteiger partial charge >= 0.3 is 0 Å². The van der Waals surface area contributed by atoms with Gasteiger partial charge in [0.05, 0.1) is 12.2 Å². The van der Waals surface area contributed by atoms with E-state index in [9.17, 15) is 4.79 Å². The molecule has 0 spiro atoms. The first-order chi connectivity index (χ1) is 9.63. The predicted molar refractivity (Wildman–Crippen MR) is 78.4 cm³/mol. The molecule has 5 heteroatoms. The van der Waals surface area contributed by atoms with E-state index in [0.29, 0.717) is 23.6 Å². The number of hydrogen-bond acceptors (Lipinski definition) is 4. The van der Waals surface area contributed by atoms with Crippen molar-refractivity contribution in [1.82, 2.24) is 4.90 Å². The van der Waals surface area contributed by atoms with Crippen molar-refractivity contribution in [3.8, 4) is 0 Å². The van der Waals surface area contributed by atoms with Crippen LogP contribution >= 0.6 is 11.6 Å². The highest BCUT2D eigenvalue weighted by molar-refractivity contribution is 6.31. The average molecular weight is 298 g/mol. The summed E-state index contributed by atoms with van der Waals surface area (Å²) in [5, 5.41) is 0.593. The summed E-state index contributed by atoms with van der Waals surface area (Å²) < 4.78 is 10.8. The molecular weight excluding hydrogens is 278 g/mol. The molecule has 1 aliphatic rings. The third-order valence-electron chi connectivity index (χ3n) is 3.70. The third-order valence-corrected chi connectivity index (χ3v) is 3.93. The van der Waals surface area contributed by atoms with Gasteiger partial charge in [-0.05, 0) is 12.1 Å². The summed E-state index contributed by atoms with van der Waals surface area (Å²) in [6.45, 7) is 2.32. The predicted octanol–water partition coefficient (Wildman–Crippen LogP) is 2.26. The van der Waals surface area contributed by atoms with Gasteiger partial charge in [0.25, 0.3) is 0 Å². The van der Waals surface area contributed by atoms with Crippen LogP contribution in [0.15, 0.2) is 24.3 Å². The van der Waals surface area contributed by atoms with Crippen LogP contribution in [0, 0.1) is 0 Å². The first kappa shape index (κ1) is 15.4. The van der Waals surface area contributed by atoms with Gasteiger partial charge in [-0.2, -0.15) is 0 Å². The van der Waals surface area contributed by atoms with Crippen molar-refractivity contribution in [2.24, 2.45) is 0 Å². The fraction of sp³-hybridized carbons (Fsp3) is 0.533. The zero-order valence-electron chi connectivity index (χ0n) is 11.8. The van der Waals surface area contributed by atoms with E-state index in [1.54, 1.807) is 38.5 Å². The molecule has 0 bridgehead atoms. The summed E-state index contributed by atoms with van der Waals surface area (Å²) in [5.41, 5.74) is 0.670. The number of nitrogens with zero attached hydrogens (tertiary/aromatic N) is 1. The Morgan fingerprint density at radius 3 is 2.50 bits per heavy atom. The number of rotatable bonds is 6. The molecule has 0 radical (unpaired) electrons. The van der Waals surface area contributed by atoms with Crippen LogP contribution in [0.5, 0.6) is 0 Å². The zero-order chi connectivity index (χ0) is 14.5. The number of hydrogen-bond donors (Lipinski definition) is 0. The largest absolute Gasteiger partial charge is 0.377 e. The first-order valence-electron chi connectivity index (χ1n) is 6.70. The molecule has 1 aromatic carbocycles. The second-order valence-corrected chi connectivity index (χ2v) is 5.43. The van der Waals surface area contributed by atoms with E-state index in [0.717, 1.165) is 13.1 Å². The normalized spacial score (nSPS) is 23.1. The molecule has 4 nitrogen and oxygen atoms in total. The second-order valence-electron chi connectivity index (χ2n) is 4.99. The molecule has 1 heterocycles. The smallest absolute Gasteiger partial charge is 0.164 e. The number of Topliss-reactive ketones (excluding diaryl/α,β-unsaturated/α-hetero) is 1. The van der Waals surface area contributed by atoms with Crippen LogP contribution in [0.2, 0.25) is 5.02 Å². The molecule has 1 aromatic rings. The minimum atomic E-state index is 0.0845. The third kappa shape index (κ3) is 3.79. The number of ketones is 1. The van der Waals surface area contributed by atoms with Gasteiger partial charge in [-0.15, -0.1) is 0 Å². The van der Waals surface area contributed by atoms with E-state index in [2.05, 4.69) is 4.90 Å². The van der Waals surface area contributed by atoms with Crippen LogP contribution in [0.3, 0.4) is 0 Å². The number of benzene rings is 1. The standard InChI is InChI=1S/C15H20ClNO3/c1-19-14-9-17(10-15(14)20-2)7-6-13(18)11-4-3-5-12(16)8-11/h3-5,8,14-15H,6-7,9-10H2,1-2H3. The summed E-state index contributed by atoms with van der Waals surface area (Å²) >= 11 is 5.90. The van der Waals surface area contributed by atoms with Crippen molar-refractivity contribution < 1.29 is 14.3 Å². The topological polar surface area (TPSA) is 38.8 Å². The van der Waals surface area contributed by atoms with E-state index in [1.807, 2.05) is 0 Å². The van der Waals surface area contributed by atoms with E-state index in [4.69, 9.17) is 21.1 Å². The minimum Gasteiger partial charge on any atom is -0.377 e. The lowest BCUT2D eigenvalue weighted by Gasteiger charge is -2.14. The molecule has 0 saturated carbocycles. The Hall–Kier alpha value is -0.940. The van der Waals surface area contributed by atoms with Gasteiger partial charge in [0.1, 0.15) is 0 Å². The molecule has 20 heavy (non-hydrogen) atoms. The van der Waals surface area contributed by atoms with E-state index in [-0.39, 0.29) is 18.0 Å². The maximum atomic E-state index is 12.1. The van der Waals surface area contributed by atoms with Crippen LogP contribution in [0.25, 0.3) is 0 Å². The number of carbonyl (C=O) groups excluding carboxylic acids is 1. The van der Waals surface area contributed by atoms with Crippen LogP contribution in [0.4, 0.5) is 0 Å². The Kier molecular flexibility index (Phi) is 5.54. The highest BCUT2D eigenvalue weighted by atomic mass is 35.5. The van der Waals surface area contributed by atoms with Gasteiger partial charge in [0.15, 0.2) is 5.78 Å². The van der Waals surface area contributed by atoms with Gasteiger partial charge in [-0.3, -0.25) is 9.69 Å². The summed E-state index contributed by atoms with van der Waals surface area (Å²) in [6.07, 6.45) is 0.648. The number of halogens is 1. The molecular formula is C15H20ClNO3. The molecule has 1 aliphatic heterocycles.